The number of hydrogen-bond acceptors (Lipinski definition) is 8. The van der Waals surface area contributed by atoms with Gasteiger partial charge < -0.3 is 5.32 Å². The molecule has 3 N–H and O–H groups in total. The minimum Gasteiger partial charge on any atom is -0.325 e. The minimum absolute atomic E-state index is 0.108. The fourth-order valence-corrected chi connectivity index (χ4v) is 8.72. The van der Waals surface area contributed by atoms with E-state index in [1.54, 1.807) is 36.4 Å². The van der Waals surface area contributed by atoms with Gasteiger partial charge in [-0.3, -0.25) is 23.7 Å². The molecule has 0 bridgehead atoms. The van der Waals surface area contributed by atoms with E-state index >= 15 is 0 Å². The molecule has 1 aromatic heterocycles. The fraction of sp³-hybridized carbons (Fsp3) is 0.172. The summed E-state index contributed by atoms with van der Waals surface area (Å²) < 4.78 is 24.4. The second-order valence-electron chi connectivity index (χ2n) is 10.2. The van der Waals surface area contributed by atoms with Crippen molar-refractivity contribution >= 4 is 73.8 Å². The summed E-state index contributed by atoms with van der Waals surface area (Å²) in [6.07, 6.45) is 0. The van der Waals surface area contributed by atoms with Crippen LogP contribution in [0.3, 0.4) is 0 Å². The highest BCUT2D eigenvalue weighted by Gasteiger charge is 2.56. The van der Waals surface area contributed by atoms with E-state index in [9.17, 15) is 27.6 Å². The number of hydrogen-bond donors (Lipinski definition) is 2. The van der Waals surface area contributed by atoms with Crippen LogP contribution >= 0.6 is 34.7 Å². The molecule has 2 unspecified atom stereocenters. The lowest BCUT2D eigenvalue weighted by atomic mass is 9.83. The third kappa shape index (κ3) is 5.43. The summed E-state index contributed by atoms with van der Waals surface area (Å²) in [4.78, 5) is 55.3. The Labute approximate surface area is 259 Å². The fourth-order valence-electron chi connectivity index (χ4n) is 5.30. The number of nitrogens with one attached hydrogen (secondary N) is 1. The molecule has 4 aromatic rings. The lowest BCUT2D eigenvalue weighted by Gasteiger charge is -2.30. The highest BCUT2D eigenvalue weighted by Crippen LogP contribution is 2.54. The summed E-state index contributed by atoms with van der Waals surface area (Å²) >= 11 is 8.21. The van der Waals surface area contributed by atoms with E-state index in [-0.39, 0.29) is 17.3 Å². The van der Waals surface area contributed by atoms with Crippen LogP contribution in [0.1, 0.15) is 21.9 Å². The molecule has 3 atom stereocenters. The summed E-state index contributed by atoms with van der Waals surface area (Å²) in [7, 11) is -3.90. The van der Waals surface area contributed by atoms with Gasteiger partial charge in [0, 0.05) is 21.5 Å². The van der Waals surface area contributed by atoms with Gasteiger partial charge in [-0.2, -0.15) is 0 Å². The predicted octanol–water partition coefficient (Wildman–Crippen LogP) is 3.95. The molecule has 0 aliphatic carbocycles. The van der Waals surface area contributed by atoms with Gasteiger partial charge in [0.15, 0.2) is 0 Å². The number of primary sulfonamides is 1. The number of thioether (sulfide) groups is 1. The van der Waals surface area contributed by atoms with E-state index in [0.717, 1.165) is 34.2 Å². The SMILES string of the molecule is Cc1ccc(N2C(=O)C3Sc4c(sc(=O)n4CC(=O)Nc4ccc(S(N)(=O)=O)cc4)[C@H](c4ccc(Cl)cc4)C3C2=O)cc1. The number of nitrogens with zero attached hydrogens (tertiary/aromatic N) is 2. The zero-order valence-corrected chi connectivity index (χ0v) is 25.6. The average Bonchev–Trinajstić information content (AvgIpc) is 3.40. The Morgan fingerprint density at radius 2 is 1.60 bits per heavy atom. The third-order valence-electron chi connectivity index (χ3n) is 7.34. The Hall–Kier alpha value is -3.75. The average molecular weight is 655 g/mol. The van der Waals surface area contributed by atoms with Crippen molar-refractivity contribution in [3.05, 3.63) is 103 Å². The van der Waals surface area contributed by atoms with Gasteiger partial charge in [0.25, 0.3) is 0 Å². The number of aromatic nitrogens is 1. The smallest absolute Gasteiger partial charge is 0.308 e. The molecule has 14 heteroatoms. The number of halogens is 1. The van der Waals surface area contributed by atoms with Gasteiger partial charge in [-0.15, -0.1) is 0 Å². The van der Waals surface area contributed by atoms with E-state index in [0.29, 0.717) is 26.3 Å². The van der Waals surface area contributed by atoms with Crippen molar-refractivity contribution in [3.8, 4) is 0 Å². The Morgan fingerprint density at radius 1 is 0.953 bits per heavy atom. The number of anilines is 2. The monoisotopic (exact) mass is 654 g/mol. The molecule has 3 aromatic carbocycles. The van der Waals surface area contributed by atoms with Crippen LogP contribution in [-0.2, 0) is 31.0 Å². The van der Waals surface area contributed by atoms with Gasteiger partial charge in [-0.25, -0.2) is 18.5 Å². The van der Waals surface area contributed by atoms with Crippen molar-refractivity contribution in [1.29, 1.82) is 0 Å². The molecule has 1 saturated heterocycles. The number of thiazole rings is 1. The van der Waals surface area contributed by atoms with E-state index in [1.165, 1.54) is 33.7 Å². The maximum absolute atomic E-state index is 13.9. The van der Waals surface area contributed by atoms with Crippen molar-refractivity contribution in [3.63, 3.8) is 0 Å². The Morgan fingerprint density at radius 3 is 2.23 bits per heavy atom. The second kappa shape index (κ2) is 11.1. The van der Waals surface area contributed by atoms with Crippen molar-refractivity contribution in [2.24, 2.45) is 11.1 Å². The van der Waals surface area contributed by atoms with Crippen LogP contribution in [0.4, 0.5) is 11.4 Å². The molecule has 0 radical (unpaired) electrons. The number of rotatable bonds is 6. The number of aryl methyl sites for hydroxylation is 1. The quantitative estimate of drug-likeness (QED) is 0.299. The first kappa shape index (κ1) is 29.3. The number of sulfonamides is 1. The standard InChI is InChI=1S/C29H23ClN4O6S3/c1-15-2-10-19(11-3-15)34-26(36)23-22(16-4-6-17(30)7-5-16)25-28(41-24(23)27(34)37)33(29(38)42-25)14-21(35)32-18-8-12-20(13-9-18)43(31,39)40/h2-13,22-24H,14H2,1H3,(H,32,35)(H2,31,39,40)/t22-,23?,24?/m1/s1. The first-order valence-electron chi connectivity index (χ1n) is 12.9. The van der Waals surface area contributed by atoms with Crippen molar-refractivity contribution in [2.45, 2.75) is 34.6 Å². The largest absolute Gasteiger partial charge is 0.325 e. The van der Waals surface area contributed by atoms with Crippen LogP contribution in [0.5, 0.6) is 0 Å². The molecule has 3 heterocycles. The van der Waals surface area contributed by atoms with Crippen LogP contribution in [0, 0.1) is 12.8 Å². The van der Waals surface area contributed by atoms with E-state index in [4.69, 9.17) is 16.7 Å². The molecule has 10 nitrogen and oxygen atoms in total. The first-order chi connectivity index (χ1) is 20.4. The van der Waals surface area contributed by atoms with Gasteiger partial charge in [0.2, 0.25) is 27.7 Å². The lowest BCUT2D eigenvalue weighted by Crippen LogP contribution is -2.33. The maximum atomic E-state index is 13.9. The molecule has 220 valence electrons. The number of fused-ring (bicyclic) bond motifs is 2. The number of imide groups is 1. The van der Waals surface area contributed by atoms with Crippen LogP contribution < -0.4 is 20.2 Å². The zero-order chi connectivity index (χ0) is 30.6. The highest BCUT2D eigenvalue weighted by molar-refractivity contribution is 8.00. The molecule has 43 heavy (non-hydrogen) atoms. The van der Waals surface area contributed by atoms with Crippen LogP contribution in [0.15, 0.2) is 87.5 Å². The molecule has 0 spiro atoms. The number of carbonyl (C=O) groups is 3. The Bertz CT molecular complexity index is 1940. The van der Waals surface area contributed by atoms with Gasteiger partial charge in [-0.1, -0.05) is 64.5 Å². The van der Waals surface area contributed by atoms with Crippen molar-refractivity contribution in [2.75, 3.05) is 10.2 Å². The zero-order valence-electron chi connectivity index (χ0n) is 22.4. The normalized spacial score (nSPS) is 19.7. The van der Waals surface area contributed by atoms with Crippen molar-refractivity contribution < 1.29 is 22.8 Å². The van der Waals surface area contributed by atoms with Gasteiger partial charge >= 0.3 is 4.87 Å². The summed E-state index contributed by atoms with van der Waals surface area (Å²) in [6, 6.07) is 19.4. The molecule has 2 aliphatic heterocycles. The van der Waals surface area contributed by atoms with E-state index in [1.807, 2.05) is 19.1 Å². The topological polar surface area (TPSA) is 149 Å². The van der Waals surface area contributed by atoms with Gasteiger partial charge in [0.1, 0.15) is 11.8 Å². The number of benzene rings is 3. The molecule has 2 aliphatic rings. The molecule has 0 saturated carbocycles. The molecule has 1 fully saturated rings. The van der Waals surface area contributed by atoms with E-state index in [2.05, 4.69) is 5.32 Å². The summed E-state index contributed by atoms with van der Waals surface area (Å²) in [6.45, 7) is 1.56. The van der Waals surface area contributed by atoms with Crippen LogP contribution in [0.2, 0.25) is 5.02 Å². The third-order valence-corrected chi connectivity index (χ3v) is 11.1. The molecular weight excluding hydrogens is 632 g/mol. The number of nitrogens with two attached hydrogens (primary N) is 1. The Kier molecular flexibility index (Phi) is 7.55. The first-order valence-corrected chi connectivity index (χ1v) is 16.6. The Balaban J connectivity index is 1.36. The predicted molar refractivity (Wildman–Crippen MR) is 165 cm³/mol. The molecule has 6 rings (SSSR count). The van der Waals surface area contributed by atoms with E-state index < -0.39 is 43.8 Å². The van der Waals surface area contributed by atoms with Gasteiger partial charge in [0.05, 0.1) is 21.5 Å². The molecular formula is C29H23ClN4O6S3. The van der Waals surface area contributed by atoms with Crippen LogP contribution in [-0.4, -0.2) is 36.0 Å². The summed E-state index contributed by atoms with van der Waals surface area (Å²) in [5.74, 6) is -2.67. The molecule has 3 amide bonds. The highest BCUT2D eigenvalue weighted by atomic mass is 35.5. The lowest BCUT2D eigenvalue weighted by molar-refractivity contribution is -0.122. The number of carbonyl (C=O) groups excluding carboxylic acids is 3. The second-order valence-corrected chi connectivity index (χ2v) is 14.3. The maximum Gasteiger partial charge on any atom is 0.308 e. The minimum atomic E-state index is -3.90. The van der Waals surface area contributed by atoms with Gasteiger partial charge in [-0.05, 0) is 61.0 Å². The summed E-state index contributed by atoms with van der Waals surface area (Å²) in [5, 5.41) is 7.91. The van der Waals surface area contributed by atoms with Crippen molar-refractivity contribution in [1.82, 2.24) is 4.57 Å². The summed E-state index contributed by atoms with van der Waals surface area (Å²) in [5.41, 5.74) is 2.49. The van der Waals surface area contributed by atoms with Crippen LogP contribution in [0.25, 0.3) is 0 Å². The number of amides is 3.